The molecule has 4 nitrogen and oxygen atoms in total. The first-order chi connectivity index (χ1) is 8.04. The van der Waals surface area contributed by atoms with E-state index >= 15 is 0 Å². The molecule has 1 N–H and O–H groups in total. The second-order valence-electron chi connectivity index (χ2n) is 4.71. The van der Waals surface area contributed by atoms with Gasteiger partial charge in [0, 0.05) is 5.69 Å². The number of nitrogens with zero attached hydrogens (tertiary/aromatic N) is 1. The number of aliphatic hydroxyl groups excluding tert-OH is 1. The Kier molecular flexibility index (Phi) is 3.17. The van der Waals surface area contributed by atoms with Crippen molar-refractivity contribution in [2.45, 2.75) is 19.4 Å². The van der Waals surface area contributed by atoms with E-state index in [1.807, 2.05) is 31.2 Å². The third kappa shape index (κ3) is 2.48. The maximum Gasteiger partial charge on any atom is 0.253 e. The molecule has 1 fully saturated rings. The molecule has 1 saturated heterocycles. The molecular formula is C13H17NO3. The number of aliphatic hydroxyl groups is 1. The zero-order chi connectivity index (χ0) is 12.5. The molecule has 92 valence electrons. The lowest BCUT2D eigenvalue weighted by molar-refractivity contribution is -0.141. The zero-order valence-corrected chi connectivity index (χ0v) is 10.1. The van der Waals surface area contributed by atoms with E-state index in [4.69, 9.17) is 4.74 Å². The summed E-state index contributed by atoms with van der Waals surface area (Å²) in [5.41, 5.74) is 1.33. The molecule has 1 aromatic carbocycles. The maximum atomic E-state index is 11.8. The van der Waals surface area contributed by atoms with Gasteiger partial charge in [-0.25, -0.2) is 0 Å². The number of morpholine rings is 1. The lowest BCUT2D eigenvalue weighted by Gasteiger charge is -2.39. The average molecular weight is 235 g/mol. The third-order valence-electron chi connectivity index (χ3n) is 3.02. The third-order valence-corrected chi connectivity index (χ3v) is 3.02. The van der Waals surface area contributed by atoms with Gasteiger partial charge in [0.15, 0.2) is 0 Å². The quantitative estimate of drug-likeness (QED) is 0.835. The number of carbonyl (C=O) groups excluding carboxylic acids is 1. The molecule has 4 heteroatoms. The molecule has 0 spiro atoms. The number of anilines is 1. The van der Waals surface area contributed by atoms with Gasteiger partial charge in [-0.2, -0.15) is 0 Å². The minimum atomic E-state index is -0.668. The first-order valence-corrected chi connectivity index (χ1v) is 5.66. The highest BCUT2D eigenvalue weighted by molar-refractivity contribution is 5.95. The van der Waals surface area contributed by atoms with Gasteiger partial charge in [0.05, 0.1) is 13.2 Å². The maximum absolute atomic E-state index is 11.8. The van der Waals surface area contributed by atoms with Crippen LogP contribution in [0, 0.1) is 6.92 Å². The van der Waals surface area contributed by atoms with E-state index in [0.717, 1.165) is 11.3 Å². The van der Waals surface area contributed by atoms with Crippen LogP contribution < -0.4 is 4.90 Å². The van der Waals surface area contributed by atoms with Crippen molar-refractivity contribution in [3.8, 4) is 0 Å². The largest absolute Gasteiger partial charge is 0.393 e. The van der Waals surface area contributed by atoms with Gasteiger partial charge in [-0.3, -0.25) is 4.79 Å². The van der Waals surface area contributed by atoms with Crippen LogP contribution in [0.3, 0.4) is 0 Å². The molecule has 1 amide bonds. The van der Waals surface area contributed by atoms with Crippen molar-refractivity contribution >= 4 is 11.6 Å². The first kappa shape index (κ1) is 12.1. The zero-order valence-electron chi connectivity index (χ0n) is 10.1. The van der Waals surface area contributed by atoms with Crippen molar-refractivity contribution < 1.29 is 14.6 Å². The van der Waals surface area contributed by atoms with Crippen molar-refractivity contribution in [2.24, 2.45) is 0 Å². The summed E-state index contributed by atoms with van der Waals surface area (Å²) in [5, 5.41) is 9.28. The van der Waals surface area contributed by atoms with Gasteiger partial charge in [0.2, 0.25) is 0 Å². The Morgan fingerprint density at radius 3 is 2.65 bits per heavy atom. The van der Waals surface area contributed by atoms with E-state index in [9.17, 15) is 9.90 Å². The summed E-state index contributed by atoms with van der Waals surface area (Å²) in [6.07, 6.45) is 0. The Balaban J connectivity index is 2.24. The topological polar surface area (TPSA) is 49.8 Å². The second kappa shape index (κ2) is 4.47. The molecule has 1 atom stereocenters. The van der Waals surface area contributed by atoms with Gasteiger partial charge in [0.1, 0.15) is 12.2 Å². The Morgan fingerprint density at radius 2 is 2.06 bits per heavy atom. The van der Waals surface area contributed by atoms with E-state index in [1.165, 1.54) is 0 Å². The summed E-state index contributed by atoms with van der Waals surface area (Å²) < 4.78 is 5.36. The van der Waals surface area contributed by atoms with E-state index in [2.05, 4.69) is 0 Å². The van der Waals surface area contributed by atoms with Crippen LogP contribution in [0.25, 0.3) is 0 Å². The van der Waals surface area contributed by atoms with Gasteiger partial charge in [-0.1, -0.05) is 17.7 Å². The van der Waals surface area contributed by atoms with E-state index in [-0.39, 0.29) is 19.1 Å². The monoisotopic (exact) mass is 235 g/mol. The summed E-state index contributed by atoms with van der Waals surface area (Å²) in [4.78, 5) is 13.5. The Hall–Kier alpha value is -1.39. The number of amides is 1. The summed E-state index contributed by atoms with van der Waals surface area (Å²) in [6, 6.07) is 7.76. The minimum absolute atomic E-state index is 0.0188. The standard InChI is InChI=1S/C13H17NO3/c1-10-3-5-11(6-4-10)14-8-13(2,9-15)17-7-12(14)16/h3-6,15H,7-9H2,1-2H3. The second-order valence-corrected chi connectivity index (χ2v) is 4.71. The Labute approximate surface area is 101 Å². The molecule has 0 radical (unpaired) electrons. The van der Waals surface area contributed by atoms with Crippen LogP contribution >= 0.6 is 0 Å². The van der Waals surface area contributed by atoms with E-state index in [0.29, 0.717) is 6.54 Å². The number of benzene rings is 1. The summed E-state index contributed by atoms with van der Waals surface area (Å²) >= 11 is 0. The summed E-state index contributed by atoms with van der Waals surface area (Å²) in [5.74, 6) is -0.0696. The highest BCUT2D eigenvalue weighted by atomic mass is 16.5. The van der Waals surface area contributed by atoms with Crippen LogP contribution in [0.5, 0.6) is 0 Å². The molecular weight excluding hydrogens is 218 g/mol. The minimum Gasteiger partial charge on any atom is -0.393 e. The van der Waals surface area contributed by atoms with Crippen LogP contribution in [0.4, 0.5) is 5.69 Å². The normalized spacial score (nSPS) is 25.1. The van der Waals surface area contributed by atoms with Crippen molar-refractivity contribution in [2.75, 3.05) is 24.7 Å². The van der Waals surface area contributed by atoms with E-state index in [1.54, 1.807) is 11.8 Å². The van der Waals surface area contributed by atoms with Crippen LogP contribution in [0.2, 0.25) is 0 Å². The van der Waals surface area contributed by atoms with E-state index < -0.39 is 5.60 Å². The first-order valence-electron chi connectivity index (χ1n) is 5.66. The lowest BCUT2D eigenvalue weighted by Crippen LogP contribution is -2.55. The van der Waals surface area contributed by atoms with Crippen molar-refractivity contribution in [3.05, 3.63) is 29.8 Å². The van der Waals surface area contributed by atoms with Gasteiger partial charge < -0.3 is 14.7 Å². The fraction of sp³-hybridized carbons (Fsp3) is 0.462. The molecule has 1 heterocycles. The molecule has 0 saturated carbocycles. The van der Waals surface area contributed by atoms with Gasteiger partial charge in [-0.15, -0.1) is 0 Å². The average Bonchev–Trinajstić information content (AvgIpc) is 2.34. The Bertz CT molecular complexity index is 415. The molecule has 17 heavy (non-hydrogen) atoms. The van der Waals surface area contributed by atoms with Crippen molar-refractivity contribution in [3.63, 3.8) is 0 Å². The van der Waals surface area contributed by atoms with Crippen LogP contribution in [-0.4, -0.2) is 36.4 Å². The number of aryl methyl sites for hydroxylation is 1. The van der Waals surface area contributed by atoms with Gasteiger partial charge in [-0.05, 0) is 26.0 Å². The predicted octanol–water partition coefficient (Wildman–Crippen LogP) is 1.11. The number of hydrogen-bond donors (Lipinski definition) is 1. The predicted molar refractivity (Wildman–Crippen MR) is 65.0 cm³/mol. The molecule has 1 aromatic rings. The summed E-state index contributed by atoms with van der Waals surface area (Å²) in [6.45, 7) is 4.11. The summed E-state index contributed by atoms with van der Waals surface area (Å²) in [7, 11) is 0. The van der Waals surface area contributed by atoms with Crippen LogP contribution in [-0.2, 0) is 9.53 Å². The fourth-order valence-corrected chi connectivity index (χ4v) is 1.84. The van der Waals surface area contributed by atoms with Crippen LogP contribution in [0.1, 0.15) is 12.5 Å². The molecule has 0 aromatic heterocycles. The highest BCUT2D eigenvalue weighted by Gasteiger charge is 2.36. The van der Waals surface area contributed by atoms with Crippen molar-refractivity contribution in [1.29, 1.82) is 0 Å². The van der Waals surface area contributed by atoms with Gasteiger partial charge >= 0.3 is 0 Å². The number of rotatable bonds is 2. The fourth-order valence-electron chi connectivity index (χ4n) is 1.84. The molecule has 1 aliphatic rings. The van der Waals surface area contributed by atoms with Gasteiger partial charge in [0.25, 0.3) is 5.91 Å². The number of ether oxygens (including phenoxy) is 1. The molecule has 0 aliphatic carbocycles. The Morgan fingerprint density at radius 1 is 1.41 bits per heavy atom. The molecule has 1 aliphatic heterocycles. The number of hydrogen-bond acceptors (Lipinski definition) is 3. The lowest BCUT2D eigenvalue weighted by atomic mass is 10.0. The SMILES string of the molecule is Cc1ccc(N2CC(C)(CO)OCC2=O)cc1. The molecule has 1 unspecified atom stereocenters. The smallest absolute Gasteiger partial charge is 0.253 e. The molecule has 0 bridgehead atoms. The highest BCUT2D eigenvalue weighted by Crippen LogP contribution is 2.24. The number of carbonyl (C=O) groups is 1. The molecule has 2 rings (SSSR count). The van der Waals surface area contributed by atoms with Crippen LogP contribution in [0.15, 0.2) is 24.3 Å². The van der Waals surface area contributed by atoms with Crippen molar-refractivity contribution in [1.82, 2.24) is 0 Å².